The molecule has 5 heteroatoms. The lowest BCUT2D eigenvalue weighted by molar-refractivity contribution is 0.475. The van der Waals surface area contributed by atoms with Gasteiger partial charge in [-0.15, -0.1) is 10.2 Å². The highest BCUT2D eigenvalue weighted by Gasteiger charge is 2.16. The first-order valence-electron chi connectivity index (χ1n) is 8.29. The van der Waals surface area contributed by atoms with Crippen LogP contribution in [0, 0.1) is 0 Å². The minimum absolute atomic E-state index is 0.218. The Hall–Kier alpha value is -3.73. The molecule has 0 saturated heterocycles. The van der Waals surface area contributed by atoms with E-state index in [4.69, 9.17) is 0 Å². The molecule has 0 aliphatic rings. The van der Waals surface area contributed by atoms with Crippen LogP contribution in [0.4, 0.5) is 0 Å². The van der Waals surface area contributed by atoms with Crippen LogP contribution in [-0.2, 0) is 0 Å². The first-order valence-corrected chi connectivity index (χ1v) is 8.29. The zero-order chi connectivity index (χ0) is 17.5. The maximum Gasteiger partial charge on any atom is 0.170 e. The molecule has 2 aromatic carbocycles. The quantitative estimate of drug-likeness (QED) is 0.521. The summed E-state index contributed by atoms with van der Waals surface area (Å²) in [6, 6.07) is 23.1. The Morgan fingerprint density at radius 1 is 0.731 bits per heavy atom. The van der Waals surface area contributed by atoms with E-state index in [1.54, 1.807) is 18.3 Å². The Bertz CT molecular complexity index is 1230. The monoisotopic (exact) mass is 338 g/mol. The number of rotatable bonds is 2. The fourth-order valence-electron chi connectivity index (χ4n) is 3.22. The molecule has 124 valence electrons. The van der Waals surface area contributed by atoms with Gasteiger partial charge in [0, 0.05) is 22.7 Å². The fraction of sp³-hybridized carbons (Fsp3) is 0. The Balaban J connectivity index is 1.90. The summed E-state index contributed by atoms with van der Waals surface area (Å²) in [5.74, 6) is 0.914. The minimum Gasteiger partial charge on any atom is -0.508 e. The fourth-order valence-corrected chi connectivity index (χ4v) is 3.22. The van der Waals surface area contributed by atoms with Gasteiger partial charge in [-0.05, 0) is 48.0 Å². The molecule has 0 atom stereocenters. The molecule has 0 bridgehead atoms. The second-order valence-corrected chi connectivity index (χ2v) is 6.07. The van der Waals surface area contributed by atoms with E-state index in [-0.39, 0.29) is 5.75 Å². The van der Waals surface area contributed by atoms with Crippen molar-refractivity contribution in [1.29, 1.82) is 0 Å². The number of fused-ring (bicyclic) bond motifs is 3. The van der Waals surface area contributed by atoms with Crippen molar-refractivity contribution in [2.45, 2.75) is 0 Å². The van der Waals surface area contributed by atoms with E-state index in [1.165, 1.54) is 0 Å². The van der Waals surface area contributed by atoms with Gasteiger partial charge in [-0.2, -0.15) is 0 Å². The van der Waals surface area contributed by atoms with Crippen molar-refractivity contribution in [1.82, 2.24) is 19.6 Å². The summed E-state index contributed by atoms with van der Waals surface area (Å²) in [6.45, 7) is 0. The molecule has 0 radical (unpaired) electrons. The molecule has 0 spiro atoms. The molecule has 26 heavy (non-hydrogen) atoms. The van der Waals surface area contributed by atoms with Gasteiger partial charge in [0.1, 0.15) is 11.4 Å². The molecular formula is C21H14N4O. The van der Waals surface area contributed by atoms with Crippen molar-refractivity contribution in [3.8, 4) is 28.3 Å². The van der Waals surface area contributed by atoms with Crippen LogP contribution < -0.4 is 0 Å². The van der Waals surface area contributed by atoms with E-state index in [2.05, 4.69) is 33.4 Å². The Morgan fingerprint density at radius 2 is 1.54 bits per heavy atom. The van der Waals surface area contributed by atoms with Gasteiger partial charge in [0.05, 0.1) is 0 Å². The van der Waals surface area contributed by atoms with Crippen molar-refractivity contribution in [2.75, 3.05) is 0 Å². The highest BCUT2D eigenvalue weighted by Crippen LogP contribution is 2.31. The number of benzene rings is 2. The van der Waals surface area contributed by atoms with Gasteiger partial charge in [-0.1, -0.05) is 30.3 Å². The number of phenolic OH excluding ortho intramolecular Hbond substituents is 1. The van der Waals surface area contributed by atoms with E-state index < -0.39 is 0 Å². The van der Waals surface area contributed by atoms with Gasteiger partial charge in [-0.25, -0.2) is 4.98 Å². The zero-order valence-electron chi connectivity index (χ0n) is 13.7. The topological polar surface area (TPSA) is 63.3 Å². The summed E-state index contributed by atoms with van der Waals surface area (Å²) in [7, 11) is 0. The second kappa shape index (κ2) is 5.67. The first-order chi connectivity index (χ1) is 12.8. The summed E-state index contributed by atoms with van der Waals surface area (Å²) < 4.78 is 1.98. The molecule has 5 aromatic rings. The number of nitrogens with zero attached hydrogens (tertiary/aromatic N) is 4. The van der Waals surface area contributed by atoms with Crippen molar-refractivity contribution < 1.29 is 5.11 Å². The lowest BCUT2D eigenvalue weighted by Gasteiger charge is -2.09. The van der Waals surface area contributed by atoms with E-state index in [1.807, 2.05) is 46.9 Å². The van der Waals surface area contributed by atoms with Crippen LogP contribution in [0.25, 0.3) is 39.2 Å². The van der Waals surface area contributed by atoms with E-state index in [0.29, 0.717) is 5.82 Å². The van der Waals surface area contributed by atoms with Crippen LogP contribution in [0.1, 0.15) is 0 Å². The molecule has 0 aliphatic heterocycles. The number of pyridine rings is 2. The molecule has 0 fully saturated rings. The standard InChI is InChI=1S/C21H14N4O/c26-17-10-8-15(9-11-17)20-23-24-21-18(14-5-2-1-3-6-14)13-16-7-4-12-22-19(16)25(20)21/h1-13,26H. The van der Waals surface area contributed by atoms with Crippen molar-refractivity contribution >= 4 is 16.7 Å². The van der Waals surface area contributed by atoms with Crippen LogP contribution in [0.2, 0.25) is 0 Å². The number of aromatic nitrogens is 4. The van der Waals surface area contributed by atoms with Gasteiger partial charge in [0.2, 0.25) is 0 Å². The highest BCUT2D eigenvalue weighted by molar-refractivity contribution is 5.91. The Labute approximate surface area is 149 Å². The van der Waals surface area contributed by atoms with Crippen LogP contribution in [0.15, 0.2) is 79.0 Å². The molecule has 3 heterocycles. The van der Waals surface area contributed by atoms with Crippen molar-refractivity contribution in [3.63, 3.8) is 0 Å². The van der Waals surface area contributed by atoms with Gasteiger partial charge in [0.25, 0.3) is 0 Å². The lowest BCUT2D eigenvalue weighted by atomic mass is 10.1. The molecule has 0 saturated carbocycles. The number of phenols is 1. The molecule has 0 unspecified atom stereocenters. The predicted octanol–water partition coefficient (Wildman–Crippen LogP) is 4.32. The average Bonchev–Trinajstić information content (AvgIpc) is 3.14. The summed E-state index contributed by atoms with van der Waals surface area (Å²) >= 11 is 0. The van der Waals surface area contributed by atoms with Crippen LogP contribution in [-0.4, -0.2) is 24.7 Å². The summed E-state index contributed by atoms with van der Waals surface area (Å²) in [5, 5.41) is 19.5. The molecule has 1 N–H and O–H groups in total. The van der Waals surface area contributed by atoms with Crippen LogP contribution >= 0.6 is 0 Å². The third-order valence-corrected chi connectivity index (χ3v) is 4.44. The third-order valence-electron chi connectivity index (χ3n) is 4.44. The Morgan fingerprint density at radius 3 is 2.35 bits per heavy atom. The molecule has 5 rings (SSSR count). The van der Waals surface area contributed by atoms with Gasteiger partial charge in [-0.3, -0.25) is 4.40 Å². The van der Waals surface area contributed by atoms with Crippen molar-refractivity contribution in [2.24, 2.45) is 0 Å². The second-order valence-electron chi connectivity index (χ2n) is 6.07. The normalized spacial score (nSPS) is 11.2. The lowest BCUT2D eigenvalue weighted by Crippen LogP contribution is -1.96. The van der Waals surface area contributed by atoms with Gasteiger partial charge in [0.15, 0.2) is 11.5 Å². The molecular weight excluding hydrogens is 324 g/mol. The van der Waals surface area contributed by atoms with E-state index >= 15 is 0 Å². The van der Waals surface area contributed by atoms with E-state index in [9.17, 15) is 5.11 Å². The number of hydrogen-bond donors (Lipinski definition) is 1. The molecule has 0 amide bonds. The smallest absolute Gasteiger partial charge is 0.170 e. The average molecular weight is 338 g/mol. The Kier molecular flexibility index (Phi) is 3.18. The van der Waals surface area contributed by atoms with Crippen LogP contribution in [0.3, 0.4) is 0 Å². The van der Waals surface area contributed by atoms with Crippen molar-refractivity contribution in [3.05, 3.63) is 79.0 Å². The molecule has 0 aliphatic carbocycles. The first kappa shape index (κ1) is 14.6. The maximum atomic E-state index is 9.58. The van der Waals surface area contributed by atoms with Gasteiger partial charge >= 0.3 is 0 Å². The predicted molar refractivity (Wildman–Crippen MR) is 101 cm³/mol. The summed E-state index contributed by atoms with van der Waals surface area (Å²) in [4.78, 5) is 4.55. The van der Waals surface area contributed by atoms with E-state index in [0.717, 1.165) is 33.4 Å². The largest absolute Gasteiger partial charge is 0.508 e. The zero-order valence-corrected chi connectivity index (χ0v) is 13.7. The van der Waals surface area contributed by atoms with Gasteiger partial charge < -0.3 is 5.11 Å². The summed E-state index contributed by atoms with van der Waals surface area (Å²) in [5.41, 5.74) is 4.50. The molecule has 3 aromatic heterocycles. The minimum atomic E-state index is 0.218. The van der Waals surface area contributed by atoms with Crippen LogP contribution in [0.5, 0.6) is 5.75 Å². The third kappa shape index (κ3) is 2.22. The number of hydrogen-bond acceptors (Lipinski definition) is 4. The molecule has 5 nitrogen and oxygen atoms in total. The SMILES string of the molecule is Oc1ccc(-c2nnc3c(-c4ccccc4)cc4cccnc4n23)cc1. The summed E-state index contributed by atoms with van der Waals surface area (Å²) in [6.07, 6.45) is 1.77. The maximum absolute atomic E-state index is 9.58. The number of aromatic hydroxyl groups is 1. The highest BCUT2D eigenvalue weighted by atomic mass is 16.3.